The van der Waals surface area contributed by atoms with Crippen LogP contribution in [-0.2, 0) is 33.6 Å². The maximum atomic E-state index is 11.2. The molecule has 1 aliphatic rings. The molecule has 0 unspecified atom stereocenters. The minimum Gasteiger partial charge on any atom is -0.496 e. The lowest BCUT2D eigenvalue weighted by Crippen LogP contribution is -2.11. The molecule has 0 atom stereocenters. The first kappa shape index (κ1) is 29.8. The molecular formula is C30H30O12. The van der Waals surface area contributed by atoms with Crippen molar-refractivity contribution < 1.29 is 58.1 Å². The van der Waals surface area contributed by atoms with Crippen molar-refractivity contribution in [2.24, 2.45) is 0 Å². The Balaban J connectivity index is 1.94. The van der Waals surface area contributed by atoms with E-state index >= 15 is 0 Å². The van der Waals surface area contributed by atoms with Gasteiger partial charge in [-0.3, -0.25) is 0 Å². The number of methoxy groups -OCH3 is 3. The Bertz CT molecular complexity index is 1500. The van der Waals surface area contributed by atoms with Crippen LogP contribution >= 0.6 is 0 Å². The number of carbonyl (C=O) groups is 3. The molecule has 0 saturated carbocycles. The number of rotatable bonds is 12. The molecule has 0 fully saturated rings. The quantitative estimate of drug-likeness (QED) is 0.224. The van der Waals surface area contributed by atoms with Gasteiger partial charge >= 0.3 is 17.9 Å². The van der Waals surface area contributed by atoms with Crippen LogP contribution in [0.1, 0.15) is 33.4 Å². The largest absolute Gasteiger partial charge is 0.496 e. The monoisotopic (exact) mass is 582 g/mol. The molecule has 0 bridgehead atoms. The molecule has 12 heteroatoms. The average Bonchev–Trinajstić information content (AvgIpc) is 3.01. The summed E-state index contributed by atoms with van der Waals surface area (Å²) in [6, 6.07) is 10.4. The lowest BCUT2D eigenvalue weighted by molar-refractivity contribution is -0.140. The number of aliphatic carboxylic acids is 3. The van der Waals surface area contributed by atoms with Gasteiger partial charge in [-0.05, 0) is 71.0 Å². The Morgan fingerprint density at radius 3 is 1.38 bits per heavy atom. The Morgan fingerprint density at radius 1 is 0.524 bits per heavy atom. The van der Waals surface area contributed by atoms with Crippen molar-refractivity contribution in [2.45, 2.75) is 19.3 Å². The van der Waals surface area contributed by atoms with E-state index in [1.54, 1.807) is 36.4 Å². The molecule has 1 aliphatic carbocycles. The van der Waals surface area contributed by atoms with Gasteiger partial charge in [-0.15, -0.1) is 0 Å². The first-order valence-electron chi connectivity index (χ1n) is 12.7. The summed E-state index contributed by atoms with van der Waals surface area (Å²) in [5, 5.41) is 27.5. The van der Waals surface area contributed by atoms with E-state index in [1.807, 2.05) is 0 Å². The second-order valence-corrected chi connectivity index (χ2v) is 9.38. The highest BCUT2D eigenvalue weighted by Crippen LogP contribution is 2.41. The Morgan fingerprint density at radius 2 is 0.929 bits per heavy atom. The zero-order valence-electron chi connectivity index (χ0n) is 23.2. The fraction of sp³-hybridized carbons (Fsp3) is 0.300. The third kappa shape index (κ3) is 6.95. The van der Waals surface area contributed by atoms with Crippen molar-refractivity contribution in [3.63, 3.8) is 0 Å². The van der Waals surface area contributed by atoms with Gasteiger partial charge in [0.15, 0.2) is 42.8 Å². The van der Waals surface area contributed by atoms with Crippen LogP contribution in [-0.4, -0.2) is 74.4 Å². The fourth-order valence-corrected chi connectivity index (χ4v) is 4.81. The molecule has 0 radical (unpaired) electrons. The smallest absolute Gasteiger partial charge is 0.341 e. The van der Waals surface area contributed by atoms with E-state index in [4.69, 9.17) is 43.7 Å². The first-order chi connectivity index (χ1) is 20.1. The molecule has 0 aliphatic heterocycles. The van der Waals surface area contributed by atoms with E-state index in [0.717, 1.165) is 33.4 Å². The standard InChI is InChI=1S/C30H30O12/c1-37-23-12-21(40-13-28(31)32)6-20-5-18-9-25(39-3)26(41-14-29(33)34)10-17(18)4-16-8-24(38-2)27(42-15-30(35)36)11-19(16)7-22(20)23/h6,8-12H,4-5,7,13-15H2,1-3H3,(H,31,32)(H,33,34)(H,35,36). The van der Waals surface area contributed by atoms with Crippen LogP contribution < -0.4 is 28.4 Å². The number of benzene rings is 3. The molecule has 222 valence electrons. The van der Waals surface area contributed by atoms with Gasteiger partial charge in [0, 0.05) is 18.1 Å². The second kappa shape index (κ2) is 13.0. The van der Waals surface area contributed by atoms with Gasteiger partial charge in [-0.25, -0.2) is 14.4 Å². The third-order valence-electron chi connectivity index (χ3n) is 6.66. The van der Waals surface area contributed by atoms with Gasteiger partial charge in [0.1, 0.15) is 11.5 Å². The number of carboxylic acids is 3. The molecular weight excluding hydrogens is 552 g/mol. The lowest BCUT2D eigenvalue weighted by Gasteiger charge is -2.18. The highest BCUT2D eigenvalue weighted by molar-refractivity contribution is 5.70. The summed E-state index contributed by atoms with van der Waals surface area (Å²) < 4.78 is 33.3. The molecule has 12 nitrogen and oxygen atoms in total. The minimum absolute atomic E-state index is 0.250. The summed E-state index contributed by atoms with van der Waals surface area (Å²) >= 11 is 0. The highest BCUT2D eigenvalue weighted by Gasteiger charge is 2.24. The molecule has 0 saturated heterocycles. The van der Waals surface area contributed by atoms with Gasteiger partial charge in [0.05, 0.1) is 21.3 Å². The lowest BCUT2D eigenvalue weighted by atomic mass is 9.93. The number of hydrogen-bond acceptors (Lipinski definition) is 9. The highest BCUT2D eigenvalue weighted by atomic mass is 16.5. The van der Waals surface area contributed by atoms with Crippen molar-refractivity contribution >= 4 is 17.9 Å². The molecule has 0 spiro atoms. The van der Waals surface area contributed by atoms with E-state index in [2.05, 4.69) is 0 Å². The molecule has 3 aromatic carbocycles. The maximum Gasteiger partial charge on any atom is 0.341 e. The van der Waals surface area contributed by atoms with E-state index in [1.165, 1.54) is 21.3 Å². The second-order valence-electron chi connectivity index (χ2n) is 9.38. The van der Waals surface area contributed by atoms with Crippen molar-refractivity contribution in [3.8, 4) is 34.5 Å². The number of hydrogen-bond donors (Lipinski definition) is 3. The zero-order chi connectivity index (χ0) is 30.4. The first-order valence-corrected chi connectivity index (χ1v) is 12.7. The molecule has 42 heavy (non-hydrogen) atoms. The molecule has 0 aromatic heterocycles. The van der Waals surface area contributed by atoms with E-state index in [0.29, 0.717) is 42.3 Å². The van der Waals surface area contributed by atoms with Gasteiger partial charge < -0.3 is 43.7 Å². The zero-order valence-corrected chi connectivity index (χ0v) is 23.2. The van der Waals surface area contributed by atoms with Crippen LogP contribution in [0.2, 0.25) is 0 Å². The molecule has 0 amide bonds. The summed E-state index contributed by atoms with van der Waals surface area (Å²) in [5.74, 6) is -1.44. The predicted octanol–water partition coefficient (Wildman–Crippen LogP) is 3.19. The van der Waals surface area contributed by atoms with Crippen LogP contribution in [0, 0.1) is 0 Å². The maximum absolute atomic E-state index is 11.2. The van der Waals surface area contributed by atoms with E-state index in [9.17, 15) is 14.4 Å². The topological polar surface area (TPSA) is 167 Å². The van der Waals surface area contributed by atoms with Gasteiger partial charge in [-0.2, -0.15) is 0 Å². The summed E-state index contributed by atoms with van der Waals surface area (Å²) in [5.41, 5.74) is 4.87. The molecule has 3 N–H and O–H groups in total. The third-order valence-corrected chi connectivity index (χ3v) is 6.66. The van der Waals surface area contributed by atoms with Gasteiger partial charge in [-0.1, -0.05) is 0 Å². The Kier molecular flexibility index (Phi) is 9.25. The van der Waals surface area contributed by atoms with Crippen LogP contribution in [0.15, 0.2) is 36.4 Å². The van der Waals surface area contributed by atoms with Crippen molar-refractivity contribution in [3.05, 3.63) is 69.8 Å². The van der Waals surface area contributed by atoms with Gasteiger partial charge in [0.25, 0.3) is 0 Å². The van der Waals surface area contributed by atoms with Crippen LogP contribution in [0.5, 0.6) is 34.5 Å². The molecule has 3 aromatic rings. The Labute approximate surface area is 240 Å². The van der Waals surface area contributed by atoms with Crippen molar-refractivity contribution in [1.29, 1.82) is 0 Å². The van der Waals surface area contributed by atoms with Crippen LogP contribution in [0.3, 0.4) is 0 Å². The summed E-state index contributed by atoms with van der Waals surface area (Å²) in [6.07, 6.45) is 1.11. The van der Waals surface area contributed by atoms with Crippen LogP contribution in [0.4, 0.5) is 0 Å². The van der Waals surface area contributed by atoms with E-state index < -0.39 is 37.7 Å². The SMILES string of the molecule is COc1cc2c(cc1OCC(=O)O)Cc1cc(OC)c(OCC(=O)O)cc1Cc1c(cc(OCC(=O)O)cc1OC)C2. The minimum atomic E-state index is -1.14. The normalized spacial score (nSPS) is 11.8. The van der Waals surface area contributed by atoms with E-state index in [-0.39, 0.29) is 11.5 Å². The van der Waals surface area contributed by atoms with Crippen LogP contribution in [0.25, 0.3) is 0 Å². The predicted molar refractivity (Wildman–Crippen MR) is 147 cm³/mol. The molecule has 0 heterocycles. The summed E-state index contributed by atoms with van der Waals surface area (Å²) in [4.78, 5) is 33.6. The van der Waals surface area contributed by atoms with Crippen molar-refractivity contribution in [2.75, 3.05) is 41.2 Å². The summed E-state index contributed by atoms with van der Waals surface area (Å²) in [7, 11) is 4.42. The Hall–Kier alpha value is -5.13. The molecule has 4 rings (SSSR count). The number of ether oxygens (including phenoxy) is 6. The average molecular weight is 583 g/mol. The number of fused-ring (bicyclic) bond motifs is 3. The van der Waals surface area contributed by atoms with Crippen molar-refractivity contribution in [1.82, 2.24) is 0 Å². The van der Waals surface area contributed by atoms with Gasteiger partial charge in [0.2, 0.25) is 0 Å². The fourth-order valence-electron chi connectivity index (χ4n) is 4.81. The summed E-state index contributed by atoms with van der Waals surface area (Å²) in [6.45, 7) is -1.66. The number of carboxylic acid groups (broad SMARTS) is 3.